The lowest BCUT2D eigenvalue weighted by Gasteiger charge is -2.20. The van der Waals surface area contributed by atoms with Crippen molar-refractivity contribution < 1.29 is 0 Å². The molecule has 0 aliphatic carbocycles. The Morgan fingerprint density at radius 1 is 0.880 bits per heavy atom. The topological polar surface area (TPSA) is 59.7 Å². The summed E-state index contributed by atoms with van der Waals surface area (Å²) in [5.41, 5.74) is 3.02. The Hall–Kier alpha value is -2.38. The number of aromatic nitrogens is 5. The number of hydrogen-bond donors (Lipinski definition) is 0. The molecule has 3 radical (unpaired) electrons. The van der Waals surface area contributed by atoms with Crippen molar-refractivity contribution in [3.8, 4) is 0 Å². The minimum atomic E-state index is 0.709. The first-order chi connectivity index (χ1) is 12.3. The summed E-state index contributed by atoms with van der Waals surface area (Å²) >= 11 is 0. The third kappa shape index (κ3) is 5.58. The van der Waals surface area contributed by atoms with Gasteiger partial charge in [0.2, 0.25) is 0 Å². The van der Waals surface area contributed by atoms with Crippen LogP contribution in [-0.2, 0) is 26.2 Å². The second-order valence-electron chi connectivity index (χ2n) is 5.86. The molecule has 0 unspecified atom stereocenters. The Bertz CT molecular complexity index is 705. The van der Waals surface area contributed by atoms with Gasteiger partial charge in [0.15, 0.2) is 0 Å². The van der Waals surface area contributed by atoms with Crippen LogP contribution in [0.1, 0.15) is 23.5 Å². The summed E-state index contributed by atoms with van der Waals surface area (Å²) in [5.74, 6) is 0. The first-order valence-corrected chi connectivity index (χ1v) is 9.10. The van der Waals surface area contributed by atoms with Crippen LogP contribution in [0, 0.1) is 0 Å². The molecule has 127 valence electrons. The first-order valence-electron chi connectivity index (χ1n) is 8.39. The van der Waals surface area contributed by atoms with E-state index in [0.717, 1.165) is 49.2 Å². The van der Waals surface area contributed by atoms with Crippen molar-refractivity contribution in [2.45, 2.75) is 38.6 Å². The van der Waals surface area contributed by atoms with E-state index in [2.05, 4.69) is 35.4 Å². The fourth-order valence-electron chi connectivity index (χ4n) is 2.60. The van der Waals surface area contributed by atoms with E-state index in [4.69, 9.17) is 0 Å². The quantitative estimate of drug-likeness (QED) is 0.555. The summed E-state index contributed by atoms with van der Waals surface area (Å²) in [7, 11) is 3.49. The van der Waals surface area contributed by atoms with E-state index >= 15 is 0 Å². The molecular weight excluding hydrogens is 328 g/mol. The number of aryl methyl sites for hydroxylation is 1. The molecule has 0 spiro atoms. The molecular formula is C18H21N6Si. The molecule has 7 heteroatoms. The molecule has 0 fully saturated rings. The highest BCUT2D eigenvalue weighted by Gasteiger charge is 2.12. The number of pyridine rings is 2. The van der Waals surface area contributed by atoms with Crippen molar-refractivity contribution in [1.29, 1.82) is 0 Å². The molecule has 0 amide bonds. The lowest BCUT2D eigenvalue weighted by atomic mass is 10.2. The van der Waals surface area contributed by atoms with E-state index in [1.165, 1.54) is 0 Å². The molecule has 0 saturated carbocycles. The average Bonchev–Trinajstić information content (AvgIpc) is 3.09. The van der Waals surface area contributed by atoms with Crippen LogP contribution in [0.5, 0.6) is 0 Å². The zero-order valence-corrected chi connectivity index (χ0v) is 15.1. The van der Waals surface area contributed by atoms with Gasteiger partial charge in [-0.3, -0.25) is 19.5 Å². The monoisotopic (exact) mass is 349 g/mol. The first kappa shape index (κ1) is 17.4. The highest BCUT2D eigenvalue weighted by molar-refractivity contribution is 6.08. The van der Waals surface area contributed by atoms with Gasteiger partial charge >= 0.3 is 0 Å². The average molecular weight is 349 g/mol. The van der Waals surface area contributed by atoms with Crippen molar-refractivity contribution >= 4 is 10.2 Å². The molecule has 0 aromatic carbocycles. The van der Waals surface area contributed by atoms with E-state index in [-0.39, 0.29) is 0 Å². The fourth-order valence-corrected chi connectivity index (χ4v) is 2.76. The molecule has 3 aromatic rings. The van der Waals surface area contributed by atoms with E-state index < -0.39 is 0 Å². The van der Waals surface area contributed by atoms with Gasteiger partial charge in [0.05, 0.1) is 17.1 Å². The van der Waals surface area contributed by atoms with Gasteiger partial charge in [-0.05, 0) is 30.7 Å². The maximum absolute atomic E-state index is 4.44. The normalized spacial score (nSPS) is 11.1. The second kappa shape index (κ2) is 9.19. The summed E-state index contributed by atoms with van der Waals surface area (Å²) in [6.45, 7) is 3.06. The van der Waals surface area contributed by atoms with Crippen LogP contribution in [0.4, 0.5) is 0 Å². The van der Waals surface area contributed by atoms with Crippen molar-refractivity contribution in [3.63, 3.8) is 0 Å². The summed E-state index contributed by atoms with van der Waals surface area (Å²) in [6, 6.07) is 12.9. The number of nitrogens with zero attached hydrogens (tertiary/aromatic N) is 6. The zero-order valence-electron chi connectivity index (χ0n) is 14.1. The van der Waals surface area contributed by atoms with Crippen LogP contribution >= 0.6 is 0 Å². The minimum Gasteiger partial charge on any atom is -0.286 e. The number of rotatable bonds is 9. The van der Waals surface area contributed by atoms with Crippen LogP contribution in [0.25, 0.3) is 0 Å². The Balaban J connectivity index is 1.70. The van der Waals surface area contributed by atoms with Gasteiger partial charge in [-0.2, -0.15) is 0 Å². The molecule has 3 heterocycles. The fraction of sp³-hybridized carbons (Fsp3) is 0.333. The maximum atomic E-state index is 4.44. The third-order valence-corrected chi connectivity index (χ3v) is 4.11. The van der Waals surface area contributed by atoms with Crippen LogP contribution in [-0.4, -0.2) is 40.1 Å². The van der Waals surface area contributed by atoms with Crippen LogP contribution in [0.15, 0.2) is 55.0 Å². The largest absolute Gasteiger partial charge is 0.286 e. The van der Waals surface area contributed by atoms with Gasteiger partial charge in [0.1, 0.15) is 0 Å². The van der Waals surface area contributed by atoms with Gasteiger partial charge in [-0.15, -0.1) is 5.10 Å². The predicted molar refractivity (Wildman–Crippen MR) is 96.6 cm³/mol. The summed E-state index contributed by atoms with van der Waals surface area (Å²) in [6.07, 6.45) is 6.70. The summed E-state index contributed by atoms with van der Waals surface area (Å²) in [5, 5.41) is 8.51. The highest BCUT2D eigenvalue weighted by atomic mass is 28.1. The van der Waals surface area contributed by atoms with Crippen molar-refractivity contribution in [1.82, 2.24) is 29.9 Å². The molecule has 0 saturated heterocycles. The standard InChI is InChI=1S/C18H21N6Si/c25-11-5-10-24-15-18(21-22-24)14-23(12-16-6-1-3-8-19-16)13-17-7-2-4-9-20-17/h1-4,6-9,15H,5,10-14H2. The minimum absolute atomic E-state index is 0.709. The predicted octanol–water partition coefficient (Wildman–Crippen LogP) is 2.25. The molecule has 0 bridgehead atoms. The second-order valence-corrected chi connectivity index (χ2v) is 6.36. The SMILES string of the molecule is [Si]CCCn1cc(CN(Cc2ccccn2)Cc2ccccn2)nn1. The Morgan fingerprint density at radius 3 is 2.08 bits per heavy atom. The third-order valence-electron chi connectivity index (χ3n) is 3.76. The van der Waals surface area contributed by atoms with E-state index in [1.54, 1.807) is 0 Å². The van der Waals surface area contributed by atoms with Crippen LogP contribution < -0.4 is 0 Å². The van der Waals surface area contributed by atoms with Crippen molar-refractivity contribution in [3.05, 3.63) is 72.1 Å². The van der Waals surface area contributed by atoms with Crippen molar-refractivity contribution in [2.24, 2.45) is 0 Å². The molecule has 3 rings (SSSR count). The van der Waals surface area contributed by atoms with E-state index in [1.807, 2.05) is 59.7 Å². The van der Waals surface area contributed by atoms with Gasteiger partial charge in [-0.1, -0.05) is 23.4 Å². The van der Waals surface area contributed by atoms with Crippen LogP contribution in [0.3, 0.4) is 0 Å². The van der Waals surface area contributed by atoms with Crippen molar-refractivity contribution in [2.75, 3.05) is 0 Å². The maximum Gasteiger partial charge on any atom is 0.0967 e. The molecule has 0 N–H and O–H groups in total. The molecule has 25 heavy (non-hydrogen) atoms. The lowest BCUT2D eigenvalue weighted by molar-refractivity contribution is 0.238. The summed E-state index contributed by atoms with van der Waals surface area (Å²) in [4.78, 5) is 11.2. The van der Waals surface area contributed by atoms with E-state index in [0.29, 0.717) is 6.54 Å². The molecule has 0 atom stereocenters. The van der Waals surface area contributed by atoms with Gasteiger partial charge in [-0.25, -0.2) is 0 Å². The Morgan fingerprint density at radius 2 is 1.52 bits per heavy atom. The van der Waals surface area contributed by atoms with Gasteiger partial charge < -0.3 is 0 Å². The van der Waals surface area contributed by atoms with Crippen LogP contribution in [0.2, 0.25) is 6.04 Å². The van der Waals surface area contributed by atoms with E-state index in [9.17, 15) is 0 Å². The van der Waals surface area contributed by atoms with Gasteiger partial charge in [0, 0.05) is 55.0 Å². The lowest BCUT2D eigenvalue weighted by Crippen LogP contribution is -2.23. The summed E-state index contributed by atoms with van der Waals surface area (Å²) < 4.78 is 1.90. The zero-order chi connectivity index (χ0) is 17.3. The Labute approximate surface area is 151 Å². The highest BCUT2D eigenvalue weighted by Crippen LogP contribution is 2.11. The van der Waals surface area contributed by atoms with Gasteiger partial charge in [0.25, 0.3) is 0 Å². The molecule has 0 aliphatic rings. The molecule has 6 nitrogen and oxygen atoms in total. The molecule has 3 aromatic heterocycles. The number of hydrogen-bond acceptors (Lipinski definition) is 5. The smallest absolute Gasteiger partial charge is 0.0967 e. The molecule has 0 aliphatic heterocycles. The Kier molecular flexibility index (Phi) is 6.41.